The van der Waals surface area contributed by atoms with Crippen molar-refractivity contribution in [1.29, 1.82) is 0 Å². The van der Waals surface area contributed by atoms with E-state index in [2.05, 4.69) is 23.8 Å². The van der Waals surface area contributed by atoms with Gasteiger partial charge in [-0.15, -0.1) is 13.2 Å². The summed E-state index contributed by atoms with van der Waals surface area (Å²) < 4.78 is 5.27. The average molecular weight is 397 g/mol. The molecule has 0 unspecified atom stereocenters. The van der Waals surface area contributed by atoms with Gasteiger partial charge in [-0.1, -0.05) is 12.2 Å². The van der Waals surface area contributed by atoms with Crippen molar-refractivity contribution in [2.45, 2.75) is 70.9 Å². The number of allylic oxidation sites excluding steroid dienone is 2. The second-order valence-electron chi connectivity index (χ2n) is 7.64. The van der Waals surface area contributed by atoms with Gasteiger partial charge in [0.25, 0.3) is 0 Å². The normalized spacial score (nSPS) is 13.1. The molecule has 0 saturated carbocycles. The maximum absolute atomic E-state index is 12.6. The molecule has 2 atom stereocenters. The molecule has 3 N–H and O–H groups in total. The first kappa shape index (κ1) is 25.9. The Morgan fingerprint density at radius 1 is 1.18 bits per heavy atom. The number of hydrogen-bond acceptors (Lipinski definition) is 5. The van der Waals surface area contributed by atoms with Crippen molar-refractivity contribution in [1.82, 2.24) is 10.6 Å². The third kappa shape index (κ3) is 12.3. The van der Waals surface area contributed by atoms with Gasteiger partial charge in [0.1, 0.15) is 6.61 Å². The van der Waals surface area contributed by atoms with E-state index in [4.69, 9.17) is 9.84 Å². The lowest BCUT2D eigenvalue weighted by Gasteiger charge is -2.28. The van der Waals surface area contributed by atoms with Crippen LogP contribution in [0.1, 0.15) is 59.3 Å². The van der Waals surface area contributed by atoms with Crippen LogP contribution in [0, 0.1) is 5.92 Å². The molecular weight excluding hydrogens is 360 g/mol. The van der Waals surface area contributed by atoms with Crippen molar-refractivity contribution in [2.24, 2.45) is 5.92 Å². The highest BCUT2D eigenvalue weighted by molar-refractivity contribution is 5.86. The highest BCUT2D eigenvalue weighted by Crippen LogP contribution is 2.14. The molecule has 0 aliphatic heterocycles. The van der Waals surface area contributed by atoms with E-state index >= 15 is 0 Å². The number of aliphatic hydroxyl groups is 1. The molecule has 28 heavy (non-hydrogen) atoms. The van der Waals surface area contributed by atoms with Crippen molar-refractivity contribution >= 4 is 17.8 Å². The van der Waals surface area contributed by atoms with Crippen molar-refractivity contribution in [2.75, 3.05) is 13.2 Å². The molecule has 0 heterocycles. The van der Waals surface area contributed by atoms with Crippen molar-refractivity contribution in [3.8, 4) is 0 Å². The van der Waals surface area contributed by atoms with Gasteiger partial charge in [-0.3, -0.25) is 14.4 Å². The molecule has 0 aliphatic rings. The molecule has 0 aromatic carbocycles. The van der Waals surface area contributed by atoms with Gasteiger partial charge < -0.3 is 20.5 Å². The quantitative estimate of drug-likeness (QED) is 0.224. The molecule has 2 amide bonds. The third-order valence-electron chi connectivity index (χ3n) is 4.03. The zero-order valence-corrected chi connectivity index (χ0v) is 17.5. The molecule has 0 aromatic heterocycles. The van der Waals surface area contributed by atoms with E-state index < -0.39 is 11.5 Å². The van der Waals surface area contributed by atoms with Crippen molar-refractivity contribution in [3.05, 3.63) is 25.3 Å². The molecule has 7 nitrogen and oxygen atoms in total. The maximum atomic E-state index is 12.6. The Morgan fingerprint density at radius 2 is 1.86 bits per heavy atom. The molecule has 0 radical (unpaired) electrons. The topological polar surface area (TPSA) is 105 Å². The van der Waals surface area contributed by atoms with Crippen molar-refractivity contribution in [3.63, 3.8) is 0 Å². The molecule has 160 valence electrons. The number of carbonyl (C=O) groups excluding carboxylic acids is 3. The molecule has 0 aromatic rings. The Labute approximate surface area is 168 Å². The Hall–Kier alpha value is -2.15. The first-order valence-corrected chi connectivity index (χ1v) is 9.74. The number of carbonyl (C=O) groups is 3. The van der Waals surface area contributed by atoms with E-state index in [-0.39, 0.29) is 43.5 Å². The van der Waals surface area contributed by atoms with Gasteiger partial charge in [0.05, 0.1) is 18.1 Å². The predicted molar refractivity (Wildman–Crippen MR) is 109 cm³/mol. The van der Waals surface area contributed by atoms with Crippen LogP contribution in [-0.2, 0) is 19.1 Å². The molecule has 0 saturated heterocycles. The van der Waals surface area contributed by atoms with Gasteiger partial charge >= 0.3 is 5.97 Å². The molecule has 7 heteroatoms. The first-order chi connectivity index (χ1) is 13.1. The van der Waals surface area contributed by atoms with E-state index in [9.17, 15) is 14.4 Å². The van der Waals surface area contributed by atoms with Crippen LogP contribution in [0.15, 0.2) is 25.3 Å². The third-order valence-corrected chi connectivity index (χ3v) is 4.03. The van der Waals surface area contributed by atoms with E-state index in [0.29, 0.717) is 12.8 Å². The highest BCUT2D eigenvalue weighted by Gasteiger charge is 2.28. The fraction of sp³-hybridized carbons (Fsp3) is 0.667. The lowest BCUT2D eigenvalue weighted by molar-refractivity contribution is -0.147. The standard InChI is InChI=1S/C21H36N2O5/c1-6-8-9-10-12-19(26)28-15-21(4,5)23-20(27)17(11-7-2)13-18(25)22-16(3)14-24/h6-7,16-17,24H,1-2,8-15H2,3-5H3,(H,22,25)(H,23,27)/t16-,17-/m0/s1. The maximum Gasteiger partial charge on any atom is 0.305 e. The lowest BCUT2D eigenvalue weighted by atomic mass is 9.97. The SMILES string of the molecule is C=CCCCCC(=O)OCC(C)(C)NC(=O)[C@@H](CC=C)CC(=O)N[C@@H](C)CO. The molecule has 0 rings (SSSR count). The summed E-state index contributed by atoms with van der Waals surface area (Å²) >= 11 is 0. The smallest absolute Gasteiger partial charge is 0.305 e. The summed E-state index contributed by atoms with van der Waals surface area (Å²) in [4.78, 5) is 36.4. The van der Waals surface area contributed by atoms with Crippen LogP contribution in [-0.4, -0.2) is 47.7 Å². The van der Waals surface area contributed by atoms with Gasteiger partial charge in [-0.2, -0.15) is 0 Å². The highest BCUT2D eigenvalue weighted by atomic mass is 16.5. The fourth-order valence-electron chi connectivity index (χ4n) is 2.45. The molecule has 0 fully saturated rings. The van der Waals surface area contributed by atoms with Gasteiger partial charge in [-0.05, 0) is 46.5 Å². The van der Waals surface area contributed by atoms with Gasteiger partial charge in [0, 0.05) is 18.9 Å². The van der Waals surface area contributed by atoms with Crippen LogP contribution < -0.4 is 10.6 Å². The number of aliphatic hydroxyl groups excluding tert-OH is 1. The lowest BCUT2D eigenvalue weighted by Crippen LogP contribution is -2.50. The summed E-state index contributed by atoms with van der Waals surface area (Å²) in [5.41, 5.74) is -0.762. The summed E-state index contributed by atoms with van der Waals surface area (Å²) in [5, 5.41) is 14.5. The van der Waals surface area contributed by atoms with Crippen LogP contribution in [0.3, 0.4) is 0 Å². The predicted octanol–water partition coefficient (Wildman–Crippen LogP) is 2.25. The van der Waals surface area contributed by atoms with Crippen LogP contribution in [0.2, 0.25) is 0 Å². The average Bonchev–Trinajstić information content (AvgIpc) is 2.62. The Morgan fingerprint density at radius 3 is 2.43 bits per heavy atom. The number of rotatable bonds is 15. The Bertz CT molecular complexity index is 531. The van der Waals surface area contributed by atoms with Crippen molar-refractivity contribution < 1.29 is 24.2 Å². The number of unbranched alkanes of at least 4 members (excludes halogenated alkanes) is 2. The van der Waals surface area contributed by atoms with E-state index in [1.54, 1.807) is 26.8 Å². The molecule has 0 spiro atoms. The van der Waals surface area contributed by atoms with Gasteiger partial charge in [0.15, 0.2) is 0 Å². The molecule has 0 aliphatic carbocycles. The van der Waals surface area contributed by atoms with E-state index in [1.807, 2.05) is 6.08 Å². The van der Waals surface area contributed by atoms with Crippen LogP contribution in [0.5, 0.6) is 0 Å². The monoisotopic (exact) mass is 396 g/mol. The minimum absolute atomic E-state index is 0.0125. The number of ether oxygens (including phenoxy) is 1. The first-order valence-electron chi connectivity index (χ1n) is 9.74. The Balaban J connectivity index is 4.56. The minimum atomic E-state index is -0.762. The summed E-state index contributed by atoms with van der Waals surface area (Å²) in [5.74, 6) is -1.50. The van der Waals surface area contributed by atoms with Crippen LogP contribution in [0.25, 0.3) is 0 Å². The number of nitrogens with one attached hydrogen (secondary N) is 2. The van der Waals surface area contributed by atoms with Gasteiger partial charge in [-0.25, -0.2) is 0 Å². The van der Waals surface area contributed by atoms with Crippen LogP contribution in [0.4, 0.5) is 0 Å². The second-order valence-corrected chi connectivity index (χ2v) is 7.64. The zero-order chi connectivity index (χ0) is 21.6. The van der Waals surface area contributed by atoms with E-state index in [0.717, 1.165) is 19.3 Å². The summed E-state index contributed by atoms with van der Waals surface area (Å²) in [6, 6.07) is -0.373. The fourth-order valence-corrected chi connectivity index (χ4v) is 2.45. The number of amides is 2. The number of hydrogen-bond donors (Lipinski definition) is 3. The summed E-state index contributed by atoms with van der Waals surface area (Å²) in [6.07, 6.45) is 6.55. The number of esters is 1. The summed E-state index contributed by atoms with van der Waals surface area (Å²) in [6.45, 7) is 12.3. The van der Waals surface area contributed by atoms with Crippen LogP contribution >= 0.6 is 0 Å². The molecular formula is C21H36N2O5. The summed E-state index contributed by atoms with van der Waals surface area (Å²) in [7, 11) is 0. The molecule has 0 bridgehead atoms. The van der Waals surface area contributed by atoms with Gasteiger partial charge in [0.2, 0.25) is 11.8 Å². The second kappa shape index (κ2) is 13.9. The van der Waals surface area contributed by atoms with E-state index in [1.165, 1.54) is 0 Å². The minimum Gasteiger partial charge on any atom is -0.463 e. The largest absolute Gasteiger partial charge is 0.463 e. The zero-order valence-electron chi connectivity index (χ0n) is 17.5. The Kier molecular flexibility index (Phi) is 12.9.